The normalized spacial score (nSPS) is 20.4. The second-order valence-electron chi connectivity index (χ2n) is 4.39. The van der Waals surface area contributed by atoms with Gasteiger partial charge in [0.05, 0.1) is 16.6 Å². The van der Waals surface area contributed by atoms with Gasteiger partial charge < -0.3 is 0 Å². The lowest BCUT2D eigenvalue weighted by Gasteiger charge is -2.24. The molecule has 0 N–H and O–H groups in total. The second-order valence-corrected chi connectivity index (χ2v) is 4.39. The number of para-hydroxylation sites is 1. The molecule has 15 heavy (non-hydrogen) atoms. The number of nitrogens with zero attached hydrogens (tertiary/aromatic N) is 2. The summed E-state index contributed by atoms with van der Waals surface area (Å²) >= 11 is 0. The SMILES string of the molecule is CC1(C)N=CC=C2N=c3ccccc3=C21. The smallest absolute Gasteiger partial charge is 0.0827 e. The first-order valence-electron chi connectivity index (χ1n) is 5.13. The fourth-order valence-corrected chi connectivity index (χ4v) is 2.23. The van der Waals surface area contributed by atoms with Gasteiger partial charge in [0, 0.05) is 17.0 Å². The molecule has 3 rings (SSSR count). The van der Waals surface area contributed by atoms with E-state index in [1.54, 1.807) is 0 Å². The van der Waals surface area contributed by atoms with Crippen LogP contribution in [-0.2, 0) is 0 Å². The Morgan fingerprint density at radius 3 is 2.80 bits per heavy atom. The quantitative estimate of drug-likeness (QED) is 0.596. The monoisotopic (exact) mass is 196 g/mol. The average molecular weight is 196 g/mol. The second kappa shape index (κ2) is 2.66. The van der Waals surface area contributed by atoms with E-state index in [0.717, 1.165) is 11.1 Å². The van der Waals surface area contributed by atoms with E-state index in [-0.39, 0.29) is 5.54 Å². The van der Waals surface area contributed by atoms with Gasteiger partial charge >= 0.3 is 0 Å². The summed E-state index contributed by atoms with van der Waals surface area (Å²) in [4.78, 5) is 9.11. The molecular weight excluding hydrogens is 184 g/mol. The maximum absolute atomic E-state index is 4.60. The zero-order valence-electron chi connectivity index (χ0n) is 8.86. The molecule has 0 amide bonds. The van der Waals surface area contributed by atoms with Crippen LogP contribution in [0.2, 0.25) is 0 Å². The number of rotatable bonds is 0. The summed E-state index contributed by atoms with van der Waals surface area (Å²) in [6.07, 6.45) is 3.84. The topological polar surface area (TPSA) is 24.7 Å². The lowest BCUT2D eigenvalue weighted by molar-refractivity contribution is 0.674. The van der Waals surface area contributed by atoms with Gasteiger partial charge in [-0.2, -0.15) is 0 Å². The van der Waals surface area contributed by atoms with Gasteiger partial charge in [-0.15, -0.1) is 0 Å². The van der Waals surface area contributed by atoms with Crippen LogP contribution in [0.1, 0.15) is 13.8 Å². The van der Waals surface area contributed by atoms with Crippen LogP contribution < -0.4 is 10.6 Å². The van der Waals surface area contributed by atoms with Crippen LogP contribution in [-0.4, -0.2) is 11.8 Å². The lowest BCUT2D eigenvalue weighted by Crippen LogP contribution is -2.31. The van der Waals surface area contributed by atoms with E-state index in [4.69, 9.17) is 0 Å². The van der Waals surface area contributed by atoms with E-state index in [1.165, 1.54) is 10.8 Å². The summed E-state index contributed by atoms with van der Waals surface area (Å²) in [6.45, 7) is 4.26. The van der Waals surface area contributed by atoms with Crippen molar-refractivity contribution >= 4 is 11.8 Å². The van der Waals surface area contributed by atoms with E-state index >= 15 is 0 Å². The summed E-state index contributed by atoms with van der Waals surface area (Å²) in [6, 6.07) is 8.25. The van der Waals surface area contributed by atoms with Crippen LogP contribution >= 0.6 is 0 Å². The Morgan fingerprint density at radius 2 is 1.93 bits per heavy atom. The Balaban J connectivity index is 2.47. The maximum atomic E-state index is 4.60. The first-order chi connectivity index (χ1) is 7.18. The Hall–Kier alpha value is -1.70. The molecule has 0 unspecified atom stereocenters. The zero-order valence-corrected chi connectivity index (χ0v) is 8.86. The van der Waals surface area contributed by atoms with Gasteiger partial charge in [-0.05, 0) is 26.0 Å². The molecule has 0 aromatic heterocycles. The number of dihydropyridines is 1. The Labute approximate surface area is 88.4 Å². The summed E-state index contributed by atoms with van der Waals surface area (Å²) in [5.74, 6) is 0. The van der Waals surface area contributed by atoms with Gasteiger partial charge in [0.1, 0.15) is 0 Å². The van der Waals surface area contributed by atoms with E-state index in [9.17, 15) is 0 Å². The molecule has 0 saturated heterocycles. The lowest BCUT2D eigenvalue weighted by atomic mass is 9.89. The molecule has 2 nitrogen and oxygen atoms in total. The molecule has 0 spiro atoms. The van der Waals surface area contributed by atoms with Gasteiger partial charge in [0.2, 0.25) is 0 Å². The van der Waals surface area contributed by atoms with Crippen molar-refractivity contribution in [3.8, 4) is 0 Å². The zero-order chi connectivity index (χ0) is 10.5. The van der Waals surface area contributed by atoms with Gasteiger partial charge in [0.15, 0.2) is 0 Å². The van der Waals surface area contributed by atoms with E-state index < -0.39 is 0 Å². The average Bonchev–Trinajstić information content (AvgIpc) is 2.56. The molecule has 0 fully saturated rings. The van der Waals surface area contributed by atoms with Gasteiger partial charge in [0.25, 0.3) is 0 Å². The van der Waals surface area contributed by atoms with E-state index in [0.29, 0.717) is 0 Å². The number of hydrogen-bond donors (Lipinski definition) is 0. The summed E-state index contributed by atoms with van der Waals surface area (Å²) in [5.41, 5.74) is 2.16. The summed E-state index contributed by atoms with van der Waals surface area (Å²) in [5, 5.41) is 2.29. The molecule has 0 aliphatic carbocycles. The predicted octanol–water partition coefficient (Wildman–Crippen LogP) is 1.22. The highest BCUT2D eigenvalue weighted by Gasteiger charge is 2.29. The van der Waals surface area contributed by atoms with Crippen LogP contribution in [0, 0.1) is 0 Å². The number of aliphatic imine (C=N–C) groups is 1. The first kappa shape index (κ1) is 8.60. The molecule has 2 heterocycles. The minimum atomic E-state index is -0.153. The molecule has 1 aromatic carbocycles. The Morgan fingerprint density at radius 1 is 1.13 bits per heavy atom. The fraction of sp³-hybridized carbons (Fsp3) is 0.231. The minimum absolute atomic E-state index is 0.153. The van der Waals surface area contributed by atoms with Crippen molar-refractivity contribution in [2.24, 2.45) is 9.98 Å². The number of fused-ring (bicyclic) bond motifs is 2. The highest BCUT2D eigenvalue weighted by Crippen LogP contribution is 2.31. The highest BCUT2D eigenvalue weighted by molar-refractivity contribution is 5.87. The summed E-state index contributed by atoms with van der Waals surface area (Å²) < 4.78 is 0. The van der Waals surface area contributed by atoms with Gasteiger partial charge in [-0.3, -0.25) is 4.99 Å². The largest absolute Gasteiger partial charge is 0.282 e. The number of allylic oxidation sites excluding steroid dienone is 1. The van der Waals surface area contributed by atoms with E-state index in [1.807, 2.05) is 18.4 Å². The van der Waals surface area contributed by atoms with Crippen molar-refractivity contribution in [1.82, 2.24) is 0 Å². The third-order valence-corrected chi connectivity index (χ3v) is 2.91. The van der Waals surface area contributed by atoms with Crippen molar-refractivity contribution in [3.63, 3.8) is 0 Å². The molecule has 1 aromatic rings. The molecule has 0 radical (unpaired) electrons. The van der Waals surface area contributed by atoms with Gasteiger partial charge in [-0.1, -0.05) is 18.2 Å². The third-order valence-electron chi connectivity index (χ3n) is 2.91. The predicted molar refractivity (Wildman–Crippen MR) is 61.3 cm³/mol. The Bertz CT molecular complexity index is 604. The Kier molecular flexibility index (Phi) is 1.52. The minimum Gasteiger partial charge on any atom is -0.282 e. The number of benzene rings is 1. The van der Waals surface area contributed by atoms with Crippen molar-refractivity contribution in [3.05, 3.63) is 46.6 Å². The van der Waals surface area contributed by atoms with Crippen LogP contribution in [0.4, 0.5) is 0 Å². The standard InChI is InChI=1S/C13H12N2/c1-13(2)12-9-5-3-4-6-10(9)15-11(12)7-8-14-13/h3-8H,1-2H3. The highest BCUT2D eigenvalue weighted by atomic mass is 14.9. The number of hydrogen-bond acceptors (Lipinski definition) is 2. The van der Waals surface area contributed by atoms with Crippen molar-refractivity contribution in [1.29, 1.82) is 0 Å². The van der Waals surface area contributed by atoms with Crippen LogP contribution in [0.25, 0.3) is 5.57 Å². The van der Waals surface area contributed by atoms with Crippen LogP contribution in [0.5, 0.6) is 0 Å². The van der Waals surface area contributed by atoms with Crippen molar-refractivity contribution < 1.29 is 0 Å². The molecule has 2 aliphatic rings. The third kappa shape index (κ3) is 1.11. The van der Waals surface area contributed by atoms with Crippen LogP contribution in [0.15, 0.2) is 46.0 Å². The van der Waals surface area contributed by atoms with Crippen molar-refractivity contribution in [2.45, 2.75) is 19.4 Å². The maximum Gasteiger partial charge on any atom is 0.0827 e. The molecule has 0 saturated carbocycles. The van der Waals surface area contributed by atoms with Crippen LogP contribution in [0.3, 0.4) is 0 Å². The first-order valence-corrected chi connectivity index (χ1v) is 5.13. The van der Waals surface area contributed by atoms with Crippen molar-refractivity contribution in [2.75, 3.05) is 0 Å². The molecule has 0 bridgehead atoms. The molecule has 2 heteroatoms. The molecule has 0 atom stereocenters. The van der Waals surface area contributed by atoms with Gasteiger partial charge in [-0.25, -0.2) is 4.99 Å². The fourth-order valence-electron chi connectivity index (χ4n) is 2.23. The summed E-state index contributed by atoms with van der Waals surface area (Å²) in [7, 11) is 0. The molecule has 2 aliphatic heterocycles. The molecular formula is C13H12N2. The molecule has 74 valence electrons. The van der Waals surface area contributed by atoms with E-state index in [2.05, 4.69) is 42.0 Å².